The number of carboxylic acids is 1. The number of aromatic carboxylic acids is 1. The highest BCUT2D eigenvalue weighted by Crippen LogP contribution is 2.24. The molecule has 0 unspecified atom stereocenters. The van der Waals surface area contributed by atoms with Gasteiger partial charge in [-0.3, -0.25) is 4.98 Å². The van der Waals surface area contributed by atoms with Gasteiger partial charge in [-0.2, -0.15) is 0 Å². The third-order valence-electron chi connectivity index (χ3n) is 2.96. The van der Waals surface area contributed by atoms with Crippen molar-refractivity contribution in [3.8, 4) is 11.3 Å². The highest BCUT2D eigenvalue weighted by Gasteiger charge is 2.13. The lowest BCUT2D eigenvalue weighted by atomic mass is 10.1. The van der Waals surface area contributed by atoms with Crippen LogP contribution in [0.2, 0.25) is 0 Å². The number of nitrogens with zero attached hydrogens (tertiary/aromatic N) is 2. The van der Waals surface area contributed by atoms with Crippen molar-refractivity contribution in [1.29, 1.82) is 0 Å². The first-order valence-corrected chi connectivity index (χ1v) is 5.89. The van der Waals surface area contributed by atoms with Gasteiger partial charge in [0, 0.05) is 23.3 Å². The minimum atomic E-state index is -1.07. The van der Waals surface area contributed by atoms with Crippen molar-refractivity contribution in [3.05, 3.63) is 60.2 Å². The van der Waals surface area contributed by atoms with Crippen molar-refractivity contribution >= 4 is 16.9 Å². The van der Waals surface area contributed by atoms with Gasteiger partial charge in [-0.1, -0.05) is 12.1 Å². The largest absolute Gasteiger partial charge is 0.478 e. The molecule has 0 aliphatic rings. The van der Waals surface area contributed by atoms with Crippen LogP contribution < -0.4 is 0 Å². The van der Waals surface area contributed by atoms with Crippen LogP contribution in [0.1, 0.15) is 10.4 Å². The summed E-state index contributed by atoms with van der Waals surface area (Å²) in [6, 6.07) is 8.95. The fourth-order valence-corrected chi connectivity index (χ4v) is 2.04. The van der Waals surface area contributed by atoms with E-state index in [1.807, 2.05) is 0 Å². The Morgan fingerprint density at radius 1 is 1.20 bits per heavy atom. The van der Waals surface area contributed by atoms with Crippen molar-refractivity contribution in [2.75, 3.05) is 0 Å². The number of pyridine rings is 2. The molecule has 20 heavy (non-hydrogen) atoms. The Morgan fingerprint density at radius 2 is 2.05 bits per heavy atom. The Kier molecular flexibility index (Phi) is 2.87. The third kappa shape index (κ3) is 2.09. The van der Waals surface area contributed by atoms with Gasteiger partial charge in [0.15, 0.2) is 0 Å². The Bertz CT molecular complexity index is 818. The third-order valence-corrected chi connectivity index (χ3v) is 2.96. The number of benzene rings is 1. The molecular formula is C15H9FN2O2. The van der Waals surface area contributed by atoms with Gasteiger partial charge in [-0.15, -0.1) is 0 Å². The zero-order chi connectivity index (χ0) is 14.1. The molecule has 1 N–H and O–H groups in total. The highest BCUT2D eigenvalue weighted by atomic mass is 19.1. The van der Waals surface area contributed by atoms with Crippen LogP contribution >= 0.6 is 0 Å². The highest BCUT2D eigenvalue weighted by molar-refractivity contribution is 6.03. The number of aromatic nitrogens is 2. The second-order valence-electron chi connectivity index (χ2n) is 4.26. The molecule has 1 aromatic carbocycles. The smallest absolute Gasteiger partial charge is 0.336 e. The molecule has 3 aromatic rings. The minimum Gasteiger partial charge on any atom is -0.478 e. The molecule has 0 aliphatic carbocycles. The molecule has 0 radical (unpaired) electrons. The van der Waals surface area contributed by atoms with Crippen molar-refractivity contribution in [2.24, 2.45) is 0 Å². The van der Waals surface area contributed by atoms with Crippen LogP contribution in [0.3, 0.4) is 0 Å². The normalized spacial score (nSPS) is 10.7. The molecule has 98 valence electrons. The molecule has 5 heteroatoms. The monoisotopic (exact) mass is 268 g/mol. The van der Waals surface area contributed by atoms with Crippen molar-refractivity contribution in [2.45, 2.75) is 0 Å². The van der Waals surface area contributed by atoms with Crippen LogP contribution in [0.15, 0.2) is 48.8 Å². The lowest BCUT2D eigenvalue weighted by Gasteiger charge is -2.06. The summed E-state index contributed by atoms with van der Waals surface area (Å²) in [6.45, 7) is 0. The van der Waals surface area contributed by atoms with E-state index >= 15 is 0 Å². The van der Waals surface area contributed by atoms with Crippen LogP contribution in [0.25, 0.3) is 22.2 Å². The average molecular weight is 268 g/mol. The number of halogens is 1. The van der Waals surface area contributed by atoms with Crippen LogP contribution in [0.5, 0.6) is 0 Å². The number of fused-ring (bicyclic) bond motifs is 1. The van der Waals surface area contributed by atoms with Gasteiger partial charge >= 0.3 is 5.97 Å². The van der Waals surface area contributed by atoms with Crippen molar-refractivity contribution in [3.63, 3.8) is 0 Å². The van der Waals surface area contributed by atoms with E-state index in [1.165, 1.54) is 30.6 Å². The minimum absolute atomic E-state index is 0.0994. The lowest BCUT2D eigenvalue weighted by molar-refractivity contribution is 0.0699. The standard InChI is InChI=1S/C15H9FN2O2/c16-10-3-1-2-9(6-10)14-7-11(15(19)20)12-8-17-5-4-13(12)18-14/h1-8H,(H,19,20). The summed E-state index contributed by atoms with van der Waals surface area (Å²) in [5, 5.41) is 9.74. The van der Waals surface area contributed by atoms with Gasteiger partial charge in [-0.25, -0.2) is 14.2 Å². The Morgan fingerprint density at radius 3 is 2.80 bits per heavy atom. The average Bonchev–Trinajstić information content (AvgIpc) is 2.46. The molecule has 0 saturated carbocycles. The molecule has 2 heterocycles. The van der Waals surface area contributed by atoms with Crippen molar-refractivity contribution < 1.29 is 14.3 Å². The van der Waals surface area contributed by atoms with E-state index in [2.05, 4.69) is 9.97 Å². The number of carboxylic acid groups (broad SMARTS) is 1. The molecule has 0 bridgehead atoms. The summed E-state index contributed by atoms with van der Waals surface area (Å²) in [5.41, 5.74) is 1.56. The predicted octanol–water partition coefficient (Wildman–Crippen LogP) is 3.13. The summed E-state index contributed by atoms with van der Waals surface area (Å²) in [7, 11) is 0. The van der Waals surface area contributed by atoms with Gasteiger partial charge in [0.1, 0.15) is 5.82 Å². The fraction of sp³-hybridized carbons (Fsp3) is 0. The maximum Gasteiger partial charge on any atom is 0.336 e. The van der Waals surface area contributed by atoms with E-state index in [0.29, 0.717) is 22.2 Å². The van der Waals surface area contributed by atoms with Crippen molar-refractivity contribution in [1.82, 2.24) is 9.97 Å². The second kappa shape index (κ2) is 4.70. The molecule has 4 nitrogen and oxygen atoms in total. The Hall–Kier alpha value is -2.82. The number of rotatable bonds is 2. The molecule has 2 aromatic heterocycles. The summed E-state index contributed by atoms with van der Waals surface area (Å²) in [5.74, 6) is -1.46. The van der Waals surface area contributed by atoms with Gasteiger partial charge < -0.3 is 5.11 Å². The molecule has 0 amide bonds. The zero-order valence-electron chi connectivity index (χ0n) is 10.2. The van der Waals surface area contributed by atoms with E-state index in [9.17, 15) is 14.3 Å². The first kappa shape index (κ1) is 12.2. The molecule has 0 saturated heterocycles. The summed E-state index contributed by atoms with van der Waals surface area (Å²) >= 11 is 0. The van der Waals surface area contributed by atoms with E-state index < -0.39 is 11.8 Å². The molecule has 3 rings (SSSR count). The molecule has 0 aliphatic heterocycles. The van der Waals surface area contributed by atoms with Gasteiger partial charge in [0.05, 0.1) is 16.8 Å². The van der Waals surface area contributed by atoms with E-state index in [4.69, 9.17) is 0 Å². The molecular weight excluding hydrogens is 259 g/mol. The Labute approximate surface area is 113 Å². The SMILES string of the molecule is O=C(O)c1cc(-c2cccc(F)c2)nc2ccncc12. The number of carbonyl (C=O) groups is 1. The number of hydrogen-bond donors (Lipinski definition) is 1. The topological polar surface area (TPSA) is 63.1 Å². The maximum atomic E-state index is 13.3. The van der Waals surface area contributed by atoms with E-state index in [1.54, 1.807) is 18.2 Å². The second-order valence-corrected chi connectivity index (χ2v) is 4.26. The van der Waals surface area contributed by atoms with E-state index in [0.717, 1.165) is 0 Å². The van der Waals surface area contributed by atoms with E-state index in [-0.39, 0.29) is 5.56 Å². The first-order chi connectivity index (χ1) is 9.65. The summed E-state index contributed by atoms with van der Waals surface area (Å²) in [4.78, 5) is 19.6. The van der Waals surface area contributed by atoms with Gasteiger partial charge in [0.2, 0.25) is 0 Å². The zero-order valence-corrected chi connectivity index (χ0v) is 10.2. The Balaban J connectivity index is 2.30. The fourth-order valence-electron chi connectivity index (χ4n) is 2.04. The van der Waals surface area contributed by atoms with Crippen LogP contribution in [0, 0.1) is 5.82 Å². The van der Waals surface area contributed by atoms with Crippen LogP contribution in [0.4, 0.5) is 4.39 Å². The number of hydrogen-bond acceptors (Lipinski definition) is 3. The summed E-state index contributed by atoms with van der Waals surface area (Å²) < 4.78 is 13.3. The first-order valence-electron chi connectivity index (χ1n) is 5.89. The maximum absolute atomic E-state index is 13.3. The van der Waals surface area contributed by atoms with Crippen LogP contribution in [-0.2, 0) is 0 Å². The molecule has 0 fully saturated rings. The van der Waals surface area contributed by atoms with Crippen LogP contribution in [-0.4, -0.2) is 21.0 Å². The predicted molar refractivity (Wildman–Crippen MR) is 71.9 cm³/mol. The quantitative estimate of drug-likeness (QED) is 0.775. The van der Waals surface area contributed by atoms with Gasteiger partial charge in [0.25, 0.3) is 0 Å². The van der Waals surface area contributed by atoms with Gasteiger partial charge in [-0.05, 0) is 24.3 Å². The molecule has 0 spiro atoms. The summed E-state index contributed by atoms with van der Waals surface area (Å²) in [6.07, 6.45) is 3.00. The lowest BCUT2D eigenvalue weighted by Crippen LogP contribution is -2.00. The molecule has 0 atom stereocenters.